The first-order valence-corrected chi connectivity index (χ1v) is 10.2. The summed E-state index contributed by atoms with van der Waals surface area (Å²) in [5.41, 5.74) is 3.00. The van der Waals surface area contributed by atoms with E-state index in [9.17, 15) is 9.59 Å². The van der Waals surface area contributed by atoms with E-state index in [1.807, 2.05) is 37.3 Å². The molecular weight excluding hydrogens is 436 g/mol. The third-order valence-electron chi connectivity index (χ3n) is 4.95. The normalized spacial score (nSPS) is 14.2. The van der Waals surface area contributed by atoms with Gasteiger partial charge < -0.3 is 15.0 Å². The van der Waals surface area contributed by atoms with E-state index in [0.717, 1.165) is 28.8 Å². The Balaban J connectivity index is 1.58. The third-order valence-corrected chi connectivity index (χ3v) is 5.45. The van der Waals surface area contributed by atoms with E-state index in [0.29, 0.717) is 29.8 Å². The highest BCUT2D eigenvalue weighted by Gasteiger charge is 2.17. The van der Waals surface area contributed by atoms with Gasteiger partial charge in [-0.3, -0.25) is 14.2 Å². The monoisotopic (exact) mass is 456 g/mol. The van der Waals surface area contributed by atoms with Gasteiger partial charge in [-0.05, 0) is 36.8 Å². The van der Waals surface area contributed by atoms with E-state index < -0.39 is 0 Å². The molecule has 0 atom stereocenters. The number of morpholine rings is 1. The first-order chi connectivity index (χ1) is 14.0. The summed E-state index contributed by atoms with van der Waals surface area (Å²) >= 11 is 3.46. The van der Waals surface area contributed by atoms with Gasteiger partial charge in [0, 0.05) is 17.6 Å². The van der Waals surface area contributed by atoms with E-state index in [4.69, 9.17) is 4.74 Å². The first-order valence-electron chi connectivity index (χ1n) is 9.40. The van der Waals surface area contributed by atoms with Gasteiger partial charge in [0.25, 0.3) is 5.56 Å². The van der Waals surface area contributed by atoms with E-state index >= 15 is 0 Å². The average molecular weight is 457 g/mol. The van der Waals surface area contributed by atoms with Gasteiger partial charge >= 0.3 is 0 Å². The number of rotatable bonds is 4. The number of fused-ring (bicyclic) bond motifs is 1. The molecular formula is C21H21BrN4O3. The van der Waals surface area contributed by atoms with Crippen LogP contribution in [0.25, 0.3) is 10.9 Å². The number of anilines is 2. The molecule has 0 bridgehead atoms. The number of aryl methyl sites for hydroxylation is 1. The Hall–Kier alpha value is -2.71. The van der Waals surface area contributed by atoms with Crippen LogP contribution in [0.5, 0.6) is 0 Å². The van der Waals surface area contributed by atoms with Crippen LogP contribution in [0.3, 0.4) is 0 Å². The minimum Gasteiger partial charge on any atom is -0.378 e. The van der Waals surface area contributed by atoms with Gasteiger partial charge in [0.1, 0.15) is 6.54 Å². The molecule has 1 aliphatic heterocycles. The number of hydrogen-bond acceptors (Lipinski definition) is 5. The van der Waals surface area contributed by atoms with Gasteiger partial charge in [-0.15, -0.1) is 0 Å². The van der Waals surface area contributed by atoms with Crippen LogP contribution in [-0.2, 0) is 16.1 Å². The maximum absolute atomic E-state index is 12.8. The summed E-state index contributed by atoms with van der Waals surface area (Å²) in [4.78, 5) is 32.0. The van der Waals surface area contributed by atoms with Crippen LogP contribution in [0.4, 0.5) is 11.4 Å². The molecule has 1 amide bonds. The standard InChI is InChI=1S/C21H21BrN4O3/c1-14-3-2-4-16-20(14)23-13-26(21(16)28)12-19(27)24-17-11-15(22)5-6-18(17)25-7-9-29-10-8-25/h2-6,11,13H,7-10,12H2,1H3,(H,24,27). The highest BCUT2D eigenvalue weighted by atomic mass is 79.9. The van der Waals surface area contributed by atoms with Crippen LogP contribution >= 0.6 is 15.9 Å². The van der Waals surface area contributed by atoms with Crippen molar-refractivity contribution in [2.45, 2.75) is 13.5 Å². The summed E-state index contributed by atoms with van der Waals surface area (Å²) in [6.45, 7) is 4.63. The molecule has 3 aromatic rings. The second kappa shape index (κ2) is 8.34. The predicted octanol–water partition coefficient (Wildman–Crippen LogP) is 2.94. The van der Waals surface area contributed by atoms with E-state index in [1.54, 1.807) is 6.07 Å². The lowest BCUT2D eigenvalue weighted by molar-refractivity contribution is -0.116. The van der Waals surface area contributed by atoms with Crippen LogP contribution in [0.1, 0.15) is 5.56 Å². The number of halogens is 1. The number of para-hydroxylation sites is 1. The number of aromatic nitrogens is 2. The van der Waals surface area contributed by atoms with Crippen LogP contribution < -0.4 is 15.8 Å². The molecule has 1 N–H and O–H groups in total. The number of carbonyl (C=O) groups is 1. The lowest BCUT2D eigenvalue weighted by Gasteiger charge is -2.30. The maximum atomic E-state index is 12.8. The molecule has 2 aromatic carbocycles. The molecule has 2 heterocycles. The van der Waals surface area contributed by atoms with Gasteiger partial charge in [0.05, 0.1) is 41.8 Å². The zero-order valence-corrected chi connectivity index (χ0v) is 17.6. The van der Waals surface area contributed by atoms with Gasteiger partial charge in [-0.25, -0.2) is 4.98 Å². The molecule has 8 heteroatoms. The van der Waals surface area contributed by atoms with Gasteiger partial charge in [0.2, 0.25) is 5.91 Å². The second-order valence-corrected chi connectivity index (χ2v) is 7.87. The summed E-state index contributed by atoms with van der Waals surface area (Å²) < 4.78 is 7.62. The van der Waals surface area contributed by atoms with Crippen molar-refractivity contribution in [2.75, 3.05) is 36.5 Å². The molecule has 7 nitrogen and oxygen atoms in total. The molecule has 0 saturated carbocycles. The van der Waals surface area contributed by atoms with Crippen LogP contribution in [0, 0.1) is 6.92 Å². The summed E-state index contributed by atoms with van der Waals surface area (Å²) in [6.07, 6.45) is 1.43. The molecule has 1 fully saturated rings. The summed E-state index contributed by atoms with van der Waals surface area (Å²) in [5, 5.41) is 3.46. The SMILES string of the molecule is Cc1cccc2c(=O)n(CC(=O)Nc3cc(Br)ccc3N3CCOCC3)cnc12. The molecule has 29 heavy (non-hydrogen) atoms. The third kappa shape index (κ3) is 4.18. The zero-order valence-electron chi connectivity index (χ0n) is 16.0. The lowest BCUT2D eigenvalue weighted by atomic mass is 10.1. The number of amides is 1. The fourth-order valence-electron chi connectivity index (χ4n) is 3.48. The number of ether oxygens (including phenoxy) is 1. The minimum absolute atomic E-state index is 0.106. The Morgan fingerprint density at radius 1 is 1.24 bits per heavy atom. The van der Waals surface area contributed by atoms with Gasteiger partial charge in [0.15, 0.2) is 0 Å². The molecule has 0 aliphatic carbocycles. The maximum Gasteiger partial charge on any atom is 0.261 e. The highest BCUT2D eigenvalue weighted by molar-refractivity contribution is 9.10. The Morgan fingerprint density at radius 2 is 2.03 bits per heavy atom. The van der Waals surface area contributed by atoms with Crippen LogP contribution in [0.15, 0.2) is 52.0 Å². The molecule has 4 rings (SSSR count). The van der Waals surface area contributed by atoms with Crippen molar-refractivity contribution < 1.29 is 9.53 Å². The van der Waals surface area contributed by atoms with Gasteiger partial charge in [-0.1, -0.05) is 28.1 Å². The molecule has 150 valence electrons. The van der Waals surface area contributed by atoms with Crippen molar-refractivity contribution >= 4 is 44.1 Å². The number of hydrogen-bond donors (Lipinski definition) is 1. The van der Waals surface area contributed by atoms with E-state index in [2.05, 4.69) is 31.1 Å². The molecule has 0 radical (unpaired) electrons. The summed E-state index contributed by atoms with van der Waals surface area (Å²) in [6, 6.07) is 11.2. The Labute approximate surface area is 176 Å². The van der Waals surface area contributed by atoms with Crippen LogP contribution in [0.2, 0.25) is 0 Å². The van der Waals surface area contributed by atoms with E-state index in [1.165, 1.54) is 10.9 Å². The Bertz CT molecular complexity index is 1120. The molecule has 1 aromatic heterocycles. The second-order valence-electron chi connectivity index (χ2n) is 6.96. The minimum atomic E-state index is -0.284. The zero-order chi connectivity index (χ0) is 20.4. The van der Waals surface area contributed by atoms with E-state index in [-0.39, 0.29) is 18.0 Å². The fourth-order valence-corrected chi connectivity index (χ4v) is 3.84. The highest BCUT2D eigenvalue weighted by Crippen LogP contribution is 2.30. The van der Waals surface area contributed by atoms with Crippen LogP contribution in [-0.4, -0.2) is 41.8 Å². The summed E-state index contributed by atoms with van der Waals surface area (Å²) in [7, 11) is 0. The van der Waals surface area contributed by atoms with Crippen molar-refractivity contribution in [3.05, 3.63) is 63.1 Å². The largest absolute Gasteiger partial charge is 0.378 e. The van der Waals surface area contributed by atoms with Crippen molar-refractivity contribution in [3.8, 4) is 0 Å². The Kier molecular flexibility index (Phi) is 5.64. The molecule has 1 aliphatic rings. The average Bonchev–Trinajstić information content (AvgIpc) is 2.71. The molecule has 0 spiro atoms. The van der Waals surface area contributed by atoms with Crippen molar-refractivity contribution in [1.82, 2.24) is 9.55 Å². The van der Waals surface area contributed by atoms with Crippen molar-refractivity contribution in [2.24, 2.45) is 0 Å². The fraction of sp³-hybridized carbons (Fsp3) is 0.286. The predicted molar refractivity (Wildman–Crippen MR) is 117 cm³/mol. The van der Waals surface area contributed by atoms with Crippen molar-refractivity contribution in [1.29, 1.82) is 0 Å². The Morgan fingerprint density at radius 3 is 2.83 bits per heavy atom. The number of benzene rings is 2. The quantitative estimate of drug-likeness (QED) is 0.652. The first kappa shape index (κ1) is 19.6. The molecule has 1 saturated heterocycles. The number of nitrogens with one attached hydrogen (secondary N) is 1. The molecule has 0 unspecified atom stereocenters. The topological polar surface area (TPSA) is 76.5 Å². The lowest BCUT2D eigenvalue weighted by Crippen LogP contribution is -2.37. The number of nitrogens with zero attached hydrogens (tertiary/aromatic N) is 3. The summed E-state index contributed by atoms with van der Waals surface area (Å²) in [5.74, 6) is -0.284. The smallest absolute Gasteiger partial charge is 0.261 e. The van der Waals surface area contributed by atoms with Crippen molar-refractivity contribution in [3.63, 3.8) is 0 Å². The van der Waals surface area contributed by atoms with Gasteiger partial charge in [-0.2, -0.15) is 0 Å². The number of carbonyl (C=O) groups excluding carboxylic acids is 1.